The SMILES string of the molecule is CCCN(C1CC1)C(CN)c1ccc(Cl)c2cccnc12. The second kappa shape index (κ2) is 6.30. The first-order chi connectivity index (χ1) is 10.3. The first-order valence-electron chi connectivity index (χ1n) is 7.75. The minimum absolute atomic E-state index is 0.229. The molecule has 4 heteroatoms. The summed E-state index contributed by atoms with van der Waals surface area (Å²) in [7, 11) is 0. The zero-order valence-corrected chi connectivity index (χ0v) is 13.2. The van der Waals surface area contributed by atoms with E-state index in [-0.39, 0.29) is 6.04 Å². The number of aromatic nitrogens is 1. The van der Waals surface area contributed by atoms with Crippen molar-refractivity contribution >= 4 is 22.5 Å². The Labute approximate surface area is 131 Å². The molecule has 1 aliphatic rings. The number of halogens is 1. The van der Waals surface area contributed by atoms with Crippen molar-refractivity contribution in [3.8, 4) is 0 Å². The fourth-order valence-corrected chi connectivity index (χ4v) is 3.34. The van der Waals surface area contributed by atoms with E-state index in [1.807, 2.05) is 24.4 Å². The predicted octanol–water partition coefficient (Wildman–Crippen LogP) is 3.76. The Bertz CT molecular complexity index is 624. The van der Waals surface area contributed by atoms with Gasteiger partial charge in [0.05, 0.1) is 5.52 Å². The van der Waals surface area contributed by atoms with E-state index in [2.05, 4.69) is 22.9 Å². The van der Waals surface area contributed by atoms with Crippen molar-refractivity contribution in [1.29, 1.82) is 0 Å². The zero-order chi connectivity index (χ0) is 14.8. The second-order valence-electron chi connectivity index (χ2n) is 5.76. The molecule has 0 radical (unpaired) electrons. The molecule has 0 amide bonds. The molecule has 3 nitrogen and oxygen atoms in total. The highest BCUT2D eigenvalue weighted by atomic mass is 35.5. The fraction of sp³-hybridized carbons (Fsp3) is 0.471. The highest BCUT2D eigenvalue weighted by molar-refractivity contribution is 6.35. The number of hydrogen-bond donors (Lipinski definition) is 1. The van der Waals surface area contributed by atoms with Crippen LogP contribution in [0.4, 0.5) is 0 Å². The van der Waals surface area contributed by atoms with Crippen LogP contribution in [0, 0.1) is 0 Å². The summed E-state index contributed by atoms with van der Waals surface area (Å²) in [4.78, 5) is 7.12. The lowest BCUT2D eigenvalue weighted by Gasteiger charge is -2.31. The largest absolute Gasteiger partial charge is 0.329 e. The van der Waals surface area contributed by atoms with Gasteiger partial charge in [-0.2, -0.15) is 0 Å². The molecule has 0 aliphatic heterocycles. The van der Waals surface area contributed by atoms with E-state index in [0.29, 0.717) is 12.6 Å². The van der Waals surface area contributed by atoms with Crippen LogP contribution in [0.15, 0.2) is 30.5 Å². The van der Waals surface area contributed by atoms with Gasteiger partial charge in [0, 0.05) is 35.2 Å². The molecule has 1 aromatic heterocycles. The Hall–Kier alpha value is -1.16. The number of hydrogen-bond acceptors (Lipinski definition) is 3. The molecule has 2 aromatic rings. The summed E-state index contributed by atoms with van der Waals surface area (Å²) < 4.78 is 0. The predicted molar refractivity (Wildman–Crippen MR) is 88.6 cm³/mol. The average Bonchev–Trinajstić information content (AvgIpc) is 3.34. The van der Waals surface area contributed by atoms with Gasteiger partial charge in [0.2, 0.25) is 0 Å². The van der Waals surface area contributed by atoms with E-state index in [9.17, 15) is 0 Å². The number of pyridine rings is 1. The lowest BCUT2D eigenvalue weighted by molar-refractivity contribution is 0.192. The molecule has 21 heavy (non-hydrogen) atoms. The van der Waals surface area contributed by atoms with Crippen LogP contribution in [-0.2, 0) is 0 Å². The minimum Gasteiger partial charge on any atom is -0.329 e. The molecule has 0 bridgehead atoms. The topological polar surface area (TPSA) is 42.1 Å². The van der Waals surface area contributed by atoms with Gasteiger partial charge in [-0.15, -0.1) is 0 Å². The highest BCUT2D eigenvalue weighted by Gasteiger charge is 2.34. The summed E-state index contributed by atoms with van der Waals surface area (Å²) in [6, 6.07) is 8.95. The van der Waals surface area contributed by atoms with Gasteiger partial charge >= 0.3 is 0 Å². The van der Waals surface area contributed by atoms with Crippen LogP contribution in [0.1, 0.15) is 37.8 Å². The maximum absolute atomic E-state index is 6.31. The van der Waals surface area contributed by atoms with Gasteiger partial charge in [-0.1, -0.05) is 24.6 Å². The van der Waals surface area contributed by atoms with Crippen LogP contribution in [0.2, 0.25) is 5.02 Å². The standard InChI is InChI=1S/C17H22ClN3/c1-2-10-21(12-5-6-12)16(11-19)14-7-8-15(18)13-4-3-9-20-17(13)14/h3-4,7-9,12,16H,2,5-6,10-11,19H2,1H3. The van der Waals surface area contributed by atoms with Gasteiger partial charge in [-0.3, -0.25) is 9.88 Å². The van der Waals surface area contributed by atoms with Crippen LogP contribution < -0.4 is 5.73 Å². The van der Waals surface area contributed by atoms with Crippen molar-refractivity contribution in [2.24, 2.45) is 5.73 Å². The molecule has 1 heterocycles. The Balaban J connectivity index is 2.06. The molecule has 1 saturated carbocycles. The van der Waals surface area contributed by atoms with Crippen molar-refractivity contribution in [1.82, 2.24) is 9.88 Å². The van der Waals surface area contributed by atoms with Crippen molar-refractivity contribution in [3.05, 3.63) is 41.0 Å². The number of fused-ring (bicyclic) bond motifs is 1. The number of benzene rings is 1. The Morgan fingerprint density at radius 2 is 2.19 bits per heavy atom. The van der Waals surface area contributed by atoms with Crippen LogP contribution in [0.25, 0.3) is 10.9 Å². The molecule has 3 rings (SSSR count). The van der Waals surface area contributed by atoms with Crippen molar-refractivity contribution < 1.29 is 0 Å². The fourth-order valence-electron chi connectivity index (χ4n) is 3.13. The smallest absolute Gasteiger partial charge is 0.0765 e. The summed E-state index contributed by atoms with van der Waals surface area (Å²) in [6.45, 7) is 3.93. The molecule has 1 unspecified atom stereocenters. The Kier molecular flexibility index (Phi) is 4.43. The Morgan fingerprint density at radius 1 is 1.38 bits per heavy atom. The average molecular weight is 304 g/mol. The number of rotatable bonds is 6. The molecule has 1 fully saturated rings. The first kappa shape index (κ1) is 14.8. The van der Waals surface area contributed by atoms with E-state index >= 15 is 0 Å². The molecular weight excluding hydrogens is 282 g/mol. The molecule has 0 saturated heterocycles. The Morgan fingerprint density at radius 3 is 2.86 bits per heavy atom. The summed E-state index contributed by atoms with van der Waals surface area (Å²) >= 11 is 6.31. The third-order valence-electron chi connectivity index (χ3n) is 4.23. The summed E-state index contributed by atoms with van der Waals surface area (Å²) in [5, 5.41) is 1.77. The summed E-state index contributed by atoms with van der Waals surface area (Å²) in [5.74, 6) is 0. The third kappa shape index (κ3) is 2.91. The van der Waals surface area contributed by atoms with Crippen LogP contribution in [0.3, 0.4) is 0 Å². The molecule has 2 N–H and O–H groups in total. The van der Waals surface area contributed by atoms with Gasteiger partial charge in [-0.25, -0.2) is 0 Å². The van der Waals surface area contributed by atoms with E-state index in [0.717, 1.165) is 28.9 Å². The van der Waals surface area contributed by atoms with Crippen molar-refractivity contribution in [3.63, 3.8) is 0 Å². The molecule has 1 aliphatic carbocycles. The van der Waals surface area contributed by atoms with Gasteiger partial charge in [0.25, 0.3) is 0 Å². The first-order valence-corrected chi connectivity index (χ1v) is 8.13. The quantitative estimate of drug-likeness (QED) is 0.883. The maximum Gasteiger partial charge on any atom is 0.0765 e. The van der Waals surface area contributed by atoms with Gasteiger partial charge in [0.15, 0.2) is 0 Å². The van der Waals surface area contributed by atoms with E-state index in [1.54, 1.807) is 0 Å². The molecule has 1 aromatic carbocycles. The van der Waals surface area contributed by atoms with E-state index < -0.39 is 0 Å². The lowest BCUT2D eigenvalue weighted by Crippen LogP contribution is -2.36. The maximum atomic E-state index is 6.31. The van der Waals surface area contributed by atoms with Gasteiger partial charge in [-0.05, 0) is 49.6 Å². The zero-order valence-electron chi connectivity index (χ0n) is 12.4. The normalized spacial score (nSPS) is 16.6. The molecular formula is C17H22ClN3. The van der Waals surface area contributed by atoms with Crippen LogP contribution in [-0.4, -0.2) is 29.0 Å². The minimum atomic E-state index is 0.229. The van der Waals surface area contributed by atoms with Gasteiger partial charge < -0.3 is 5.73 Å². The van der Waals surface area contributed by atoms with E-state index in [4.69, 9.17) is 17.3 Å². The van der Waals surface area contributed by atoms with Crippen LogP contribution in [0.5, 0.6) is 0 Å². The van der Waals surface area contributed by atoms with Crippen LogP contribution >= 0.6 is 11.6 Å². The summed E-state index contributed by atoms with van der Waals surface area (Å²) in [6.07, 6.45) is 5.55. The number of nitrogens with two attached hydrogens (primary N) is 1. The highest BCUT2D eigenvalue weighted by Crippen LogP contribution is 2.37. The second-order valence-corrected chi connectivity index (χ2v) is 6.16. The van der Waals surface area contributed by atoms with Gasteiger partial charge in [0.1, 0.15) is 0 Å². The monoisotopic (exact) mass is 303 g/mol. The third-order valence-corrected chi connectivity index (χ3v) is 4.56. The molecule has 112 valence electrons. The van der Waals surface area contributed by atoms with Crippen molar-refractivity contribution in [2.45, 2.75) is 38.3 Å². The van der Waals surface area contributed by atoms with Crippen molar-refractivity contribution in [2.75, 3.05) is 13.1 Å². The van der Waals surface area contributed by atoms with E-state index in [1.165, 1.54) is 18.4 Å². The summed E-state index contributed by atoms with van der Waals surface area (Å²) in [5.41, 5.74) is 8.32. The molecule has 1 atom stereocenters. The lowest BCUT2D eigenvalue weighted by atomic mass is 10.0. The number of nitrogens with zero attached hydrogens (tertiary/aromatic N) is 2. The molecule has 0 spiro atoms.